The second-order valence-corrected chi connectivity index (χ2v) is 7.43. The van der Waals surface area contributed by atoms with Crippen molar-refractivity contribution < 1.29 is 0 Å². The Morgan fingerprint density at radius 3 is 1.57 bits per heavy atom. The normalized spacial score (nSPS) is 12.3. The minimum absolute atomic E-state index is 0.714. The van der Waals surface area contributed by atoms with Crippen molar-refractivity contribution >= 4 is 22.8 Å². The van der Waals surface area contributed by atoms with Crippen LogP contribution in [0.15, 0.2) is 76.7 Å². The van der Waals surface area contributed by atoms with Gasteiger partial charge in [-0.15, -0.1) is 0 Å². The molecule has 0 radical (unpaired) electrons. The van der Waals surface area contributed by atoms with Gasteiger partial charge in [-0.1, -0.05) is 66.7 Å². The van der Waals surface area contributed by atoms with Gasteiger partial charge in [-0.2, -0.15) is 0 Å². The highest BCUT2D eigenvalue weighted by molar-refractivity contribution is 6.13. The third-order valence-corrected chi connectivity index (χ3v) is 4.96. The quantitative estimate of drug-likeness (QED) is 0.425. The summed E-state index contributed by atoms with van der Waals surface area (Å²) >= 11 is 0. The van der Waals surface area contributed by atoms with Gasteiger partial charge in [-0.3, -0.25) is 9.98 Å². The molecule has 0 aliphatic rings. The molecule has 0 unspecified atom stereocenters. The summed E-state index contributed by atoms with van der Waals surface area (Å²) in [6.07, 6.45) is 0.714. The Labute approximate surface area is 168 Å². The molecule has 2 nitrogen and oxygen atoms in total. The van der Waals surface area contributed by atoms with Crippen LogP contribution in [0, 0.1) is 27.7 Å². The van der Waals surface area contributed by atoms with Crippen molar-refractivity contribution in [2.24, 2.45) is 9.98 Å². The predicted octanol–water partition coefficient (Wildman–Crippen LogP) is 7.22. The van der Waals surface area contributed by atoms with Gasteiger partial charge in [0.2, 0.25) is 0 Å². The minimum Gasteiger partial charge on any atom is -0.257 e. The van der Waals surface area contributed by atoms with Crippen LogP contribution >= 0.6 is 0 Å². The number of para-hydroxylation sites is 2. The molecule has 3 rings (SSSR count). The molecule has 0 saturated heterocycles. The number of rotatable bonds is 5. The van der Waals surface area contributed by atoms with E-state index in [9.17, 15) is 0 Å². The van der Waals surface area contributed by atoms with Crippen molar-refractivity contribution in [2.45, 2.75) is 41.0 Å². The molecule has 3 aromatic carbocycles. The topological polar surface area (TPSA) is 24.7 Å². The van der Waals surface area contributed by atoms with E-state index < -0.39 is 0 Å². The van der Waals surface area contributed by atoms with Crippen LogP contribution in [0.1, 0.15) is 41.2 Å². The highest BCUT2D eigenvalue weighted by atomic mass is 14.8. The summed E-state index contributed by atoms with van der Waals surface area (Å²) in [6.45, 7) is 10.6. The first-order valence-electron chi connectivity index (χ1n) is 9.75. The Morgan fingerprint density at radius 2 is 1.07 bits per heavy atom. The van der Waals surface area contributed by atoms with Gasteiger partial charge in [0.05, 0.1) is 17.1 Å². The highest BCUT2D eigenvalue weighted by Gasteiger charge is 2.10. The summed E-state index contributed by atoms with van der Waals surface area (Å²) in [5, 5.41) is 0. The van der Waals surface area contributed by atoms with E-state index in [1.165, 1.54) is 22.3 Å². The van der Waals surface area contributed by atoms with E-state index in [0.717, 1.165) is 28.4 Å². The second kappa shape index (κ2) is 8.79. The number of aryl methyl sites for hydroxylation is 4. The standard InChI is InChI=1S/C26H28N2/c1-18-11-9-12-19(2)25(18)27-22(5)17-24(23-15-7-6-8-16-23)28-26-20(3)13-10-14-21(26)4/h6-16H,17H2,1-5H3/b27-22-,28-24-. The Hall–Kier alpha value is -3.00. The summed E-state index contributed by atoms with van der Waals surface area (Å²) in [6, 6.07) is 23.0. The van der Waals surface area contributed by atoms with Crippen molar-refractivity contribution in [3.8, 4) is 0 Å². The van der Waals surface area contributed by atoms with E-state index in [1.54, 1.807) is 0 Å². The summed E-state index contributed by atoms with van der Waals surface area (Å²) in [7, 11) is 0. The van der Waals surface area contributed by atoms with Gasteiger partial charge in [-0.05, 0) is 62.4 Å². The molecule has 3 aromatic rings. The van der Waals surface area contributed by atoms with Gasteiger partial charge in [0.25, 0.3) is 0 Å². The van der Waals surface area contributed by atoms with Crippen LogP contribution in [0.4, 0.5) is 11.4 Å². The molecule has 28 heavy (non-hydrogen) atoms. The molecule has 0 atom stereocenters. The van der Waals surface area contributed by atoms with Crippen molar-refractivity contribution in [1.29, 1.82) is 0 Å². The van der Waals surface area contributed by atoms with Crippen LogP contribution in [0.5, 0.6) is 0 Å². The Morgan fingerprint density at radius 1 is 0.607 bits per heavy atom. The second-order valence-electron chi connectivity index (χ2n) is 7.43. The van der Waals surface area contributed by atoms with E-state index in [-0.39, 0.29) is 0 Å². The molecule has 2 heteroatoms. The zero-order valence-corrected chi connectivity index (χ0v) is 17.5. The van der Waals surface area contributed by atoms with Crippen LogP contribution in [0.3, 0.4) is 0 Å². The highest BCUT2D eigenvalue weighted by Crippen LogP contribution is 2.26. The molecular weight excluding hydrogens is 340 g/mol. The molecule has 0 aliphatic heterocycles. The van der Waals surface area contributed by atoms with Gasteiger partial charge in [0.1, 0.15) is 0 Å². The number of hydrogen-bond donors (Lipinski definition) is 0. The average Bonchev–Trinajstić information content (AvgIpc) is 2.67. The van der Waals surface area contributed by atoms with Gasteiger partial charge in [0, 0.05) is 12.1 Å². The van der Waals surface area contributed by atoms with Crippen molar-refractivity contribution in [1.82, 2.24) is 0 Å². The molecule has 0 fully saturated rings. The molecule has 142 valence electrons. The largest absolute Gasteiger partial charge is 0.257 e. The fourth-order valence-corrected chi connectivity index (χ4v) is 3.41. The van der Waals surface area contributed by atoms with Crippen LogP contribution < -0.4 is 0 Å². The third-order valence-electron chi connectivity index (χ3n) is 4.96. The average molecular weight is 369 g/mol. The van der Waals surface area contributed by atoms with Crippen LogP contribution in [0.2, 0.25) is 0 Å². The zero-order valence-electron chi connectivity index (χ0n) is 17.5. The molecule has 0 N–H and O–H groups in total. The molecule has 0 spiro atoms. The predicted molar refractivity (Wildman–Crippen MR) is 122 cm³/mol. The first kappa shape index (κ1) is 19.8. The smallest absolute Gasteiger partial charge is 0.0691 e. The maximum Gasteiger partial charge on any atom is 0.0691 e. The van der Waals surface area contributed by atoms with Crippen molar-refractivity contribution in [3.63, 3.8) is 0 Å². The number of aliphatic imine (C=N–C) groups is 2. The minimum atomic E-state index is 0.714. The molecule has 0 aliphatic carbocycles. The van der Waals surface area contributed by atoms with Crippen molar-refractivity contribution in [2.75, 3.05) is 0 Å². The van der Waals surface area contributed by atoms with E-state index in [4.69, 9.17) is 9.98 Å². The van der Waals surface area contributed by atoms with E-state index >= 15 is 0 Å². The van der Waals surface area contributed by atoms with Gasteiger partial charge in [-0.25, -0.2) is 0 Å². The SMILES string of the molecule is C/C(C/C(=N/c1c(C)cccc1C)c1ccccc1)=N/c1c(C)cccc1C. The van der Waals surface area contributed by atoms with Crippen LogP contribution in [-0.2, 0) is 0 Å². The maximum absolute atomic E-state index is 5.09. The van der Waals surface area contributed by atoms with E-state index in [1.807, 2.05) is 6.07 Å². The molecular formula is C26H28N2. The van der Waals surface area contributed by atoms with E-state index in [2.05, 4.69) is 95.3 Å². The van der Waals surface area contributed by atoms with Crippen LogP contribution in [-0.4, -0.2) is 11.4 Å². The Bertz CT molecular complexity index is 987. The van der Waals surface area contributed by atoms with Gasteiger partial charge >= 0.3 is 0 Å². The lowest BCUT2D eigenvalue weighted by Crippen LogP contribution is -2.07. The first-order valence-corrected chi connectivity index (χ1v) is 9.75. The fourth-order valence-electron chi connectivity index (χ4n) is 3.41. The number of hydrogen-bond acceptors (Lipinski definition) is 2. The zero-order chi connectivity index (χ0) is 20.1. The number of nitrogens with zero attached hydrogens (tertiary/aromatic N) is 2. The van der Waals surface area contributed by atoms with Gasteiger partial charge < -0.3 is 0 Å². The lowest BCUT2D eigenvalue weighted by molar-refractivity contribution is 1.29. The molecule has 0 heterocycles. The third kappa shape index (κ3) is 4.64. The van der Waals surface area contributed by atoms with Crippen LogP contribution in [0.25, 0.3) is 0 Å². The summed E-state index contributed by atoms with van der Waals surface area (Å²) in [5.74, 6) is 0. The van der Waals surface area contributed by atoms with Crippen molar-refractivity contribution in [3.05, 3.63) is 94.5 Å². The van der Waals surface area contributed by atoms with Gasteiger partial charge in [0.15, 0.2) is 0 Å². The Balaban J connectivity index is 2.04. The molecule has 0 bridgehead atoms. The maximum atomic E-state index is 5.09. The molecule has 0 aromatic heterocycles. The lowest BCUT2D eigenvalue weighted by atomic mass is 10.0. The lowest BCUT2D eigenvalue weighted by Gasteiger charge is -2.12. The van der Waals surface area contributed by atoms with E-state index in [0.29, 0.717) is 6.42 Å². The first-order chi connectivity index (χ1) is 13.5. The summed E-state index contributed by atoms with van der Waals surface area (Å²) in [5.41, 5.74) is 10.2. The fraction of sp³-hybridized carbons (Fsp3) is 0.231. The Kier molecular flexibility index (Phi) is 6.20. The molecule has 0 amide bonds. The number of benzene rings is 3. The summed E-state index contributed by atoms with van der Waals surface area (Å²) < 4.78 is 0. The monoisotopic (exact) mass is 368 g/mol. The summed E-state index contributed by atoms with van der Waals surface area (Å²) in [4.78, 5) is 10.0. The molecule has 0 saturated carbocycles.